The lowest BCUT2D eigenvalue weighted by molar-refractivity contribution is 0.474. The van der Waals surface area contributed by atoms with Crippen molar-refractivity contribution in [3.63, 3.8) is 0 Å². The van der Waals surface area contributed by atoms with E-state index in [9.17, 15) is 13.5 Å². The van der Waals surface area contributed by atoms with Crippen molar-refractivity contribution in [2.45, 2.75) is 14.7 Å². The van der Waals surface area contributed by atoms with E-state index >= 15 is 0 Å². The zero-order valence-corrected chi connectivity index (χ0v) is 11.8. The van der Waals surface area contributed by atoms with Gasteiger partial charge in [0.1, 0.15) is 5.75 Å². The van der Waals surface area contributed by atoms with Crippen LogP contribution in [0.3, 0.4) is 0 Å². The lowest BCUT2D eigenvalue weighted by atomic mass is 10.3. The summed E-state index contributed by atoms with van der Waals surface area (Å²) in [5.41, 5.74) is 0. The van der Waals surface area contributed by atoms with Crippen molar-refractivity contribution in [2.24, 2.45) is 0 Å². The highest BCUT2D eigenvalue weighted by molar-refractivity contribution is 8.00. The van der Waals surface area contributed by atoms with Crippen molar-refractivity contribution in [1.82, 2.24) is 4.72 Å². The fraction of sp³-hybridized carbons (Fsp3) is 0.0769. The molecule has 0 bridgehead atoms. The molecule has 0 fully saturated rings. The number of phenolic OH excluding ortho intramolecular Hbond substituents is 1. The first kappa shape index (κ1) is 13.9. The maximum absolute atomic E-state index is 11.9. The monoisotopic (exact) mass is 295 g/mol. The molecule has 0 aliphatic rings. The summed E-state index contributed by atoms with van der Waals surface area (Å²) in [6.45, 7) is 0. The summed E-state index contributed by atoms with van der Waals surface area (Å²) in [4.78, 5) is 1.62. The smallest absolute Gasteiger partial charge is 0.241 e. The number of hydrogen-bond donors (Lipinski definition) is 2. The van der Waals surface area contributed by atoms with Gasteiger partial charge >= 0.3 is 0 Å². The Morgan fingerprint density at radius 1 is 1.11 bits per heavy atom. The van der Waals surface area contributed by atoms with Gasteiger partial charge in [0.05, 0.1) is 4.90 Å². The Hall–Kier alpha value is -1.50. The fourth-order valence-corrected chi connectivity index (χ4v) is 3.70. The van der Waals surface area contributed by atoms with Crippen LogP contribution in [-0.4, -0.2) is 20.6 Å². The van der Waals surface area contributed by atoms with Gasteiger partial charge in [-0.25, -0.2) is 13.1 Å². The molecule has 0 atom stereocenters. The highest BCUT2D eigenvalue weighted by atomic mass is 32.2. The third-order valence-corrected chi connectivity index (χ3v) is 5.12. The molecule has 100 valence electrons. The minimum atomic E-state index is -3.49. The van der Waals surface area contributed by atoms with Gasteiger partial charge in [0.2, 0.25) is 10.0 Å². The van der Waals surface area contributed by atoms with Crippen molar-refractivity contribution in [3.05, 3.63) is 48.5 Å². The standard InChI is InChI=1S/C13H13NO3S2/c1-14-19(16,17)13-8-3-2-7-12(13)18-11-6-4-5-10(15)9-11/h2-9,14-15H,1H3. The molecule has 0 heterocycles. The Morgan fingerprint density at radius 3 is 2.53 bits per heavy atom. The van der Waals surface area contributed by atoms with Crippen LogP contribution in [-0.2, 0) is 10.0 Å². The molecule has 0 saturated heterocycles. The quantitative estimate of drug-likeness (QED) is 0.909. The fourth-order valence-electron chi connectivity index (χ4n) is 1.54. The SMILES string of the molecule is CNS(=O)(=O)c1ccccc1Sc1cccc(O)c1. The van der Waals surface area contributed by atoms with Crippen molar-refractivity contribution in [3.8, 4) is 5.75 Å². The van der Waals surface area contributed by atoms with Crippen LogP contribution >= 0.6 is 11.8 Å². The Labute approximate surface area is 116 Å². The molecule has 0 saturated carbocycles. The molecule has 2 aromatic carbocycles. The van der Waals surface area contributed by atoms with Crippen LogP contribution in [0, 0.1) is 0 Å². The van der Waals surface area contributed by atoms with Gasteiger partial charge in [0.25, 0.3) is 0 Å². The summed E-state index contributed by atoms with van der Waals surface area (Å²) < 4.78 is 26.1. The van der Waals surface area contributed by atoms with E-state index in [1.807, 2.05) is 6.07 Å². The molecule has 2 N–H and O–H groups in total. The predicted octanol–water partition coefficient (Wildman–Crippen LogP) is 2.45. The van der Waals surface area contributed by atoms with Crippen LogP contribution in [0.25, 0.3) is 0 Å². The summed E-state index contributed by atoms with van der Waals surface area (Å²) in [7, 11) is -2.11. The summed E-state index contributed by atoms with van der Waals surface area (Å²) in [6, 6.07) is 13.4. The maximum atomic E-state index is 11.9. The molecule has 0 amide bonds. The number of nitrogens with one attached hydrogen (secondary N) is 1. The molecule has 2 rings (SSSR count). The van der Waals surface area contributed by atoms with E-state index in [0.717, 1.165) is 4.90 Å². The van der Waals surface area contributed by atoms with Gasteiger partial charge in [-0.2, -0.15) is 0 Å². The van der Waals surface area contributed by atoms with Gasteiger partial charge < -0.3 is 5.11 Å². The highest BCUT2D eigenvalue weighted by Gasteiger charge is 2.16. The van der Waals surface area contributed by atoms with Gasteiger partial charge in [0.15, 0.2) is 0 Å². The van der Waals surface area contributed by atoms with E-state index in [1.165, 1.54) is 18.8 Å². The lowest BCUT2D eigenvalue weighted by Crippen LogP contribution is -2.19. The number of benzene rings is 2. The number of phenols is 1. The number of sulfonamides is 1. The topological polar surface area (TPSA) is 66.4 Å². The minimum absolute atomic E-state index is 0.152. The Bertz CT molecular complexity index is 684. The first-order valence-electron chi connectivity index (χ1n) is 5.52. The molecular weight excluding hydrogens is 282 g/mol. The average molecular weight is 295 g/mol. The summed E-state index contributed by atoms with van der Waals surface area (Å²) in [6.07, 6.45) is 0. The predicted molar refractivity (Wildman–Crippen MR) is 74.9 cm³/mol. The van der Waals surface area contributed by atoms with Gasteiger partial charge in [-0.05, 0) is 37.4 Å². The number of aromatic hydroxyl groups is 1. The summed E-state index contributed by atoms with van der Waals surface area (Å²) in [5, 5.41) is 9.42. The number of hydrogen-bond acceptors (Lipinski definition) is 4. The molecule has 0 spiro atoms. The first-order valence-corrected chi connectivity index (χ1v) is 7.82. The number of rotatable bonds is 4. The Kier molecular flexibility index (Phi) is 4.14. The summed E-state index contributed by atoms with van der Waals surface area (Å²) >= 11 is 1.29. The average Bonchev–Trinajstić information content (AvgIpc) is 2.39. The Balaban J connectivity index is 2.42. The minimum Gasteiger partial charge on any atom is -0.508 e. The molecule has 0 unspecified atom stereocenters. The van der Waals surface area contributed by atoms with Crippen LogP contribution in [0.5, 0.6) is 5.75 Å². The van der Waals surface area contributed by atoms with E-state index < -0.39 is 10.0 Å². The van der Waals surface area contributed by atoms with Crippen LogP contribution < -0.4 is 4.72 Å². The molecule has 0 aliphatic heterocycles. The van der Waals surface area contributed by atoms with Gasteiger partial charge in [0, 0.05) is 9.79 Å². The molecule has 4 nitrogen and oxygen atoms in total. The van der Waals surface area contributed by atoms with E-state index in [0.29, 0.717) is 4.90 Å². The molecule has 0 aromatic heterocycles. The van der Waals surface area contributed by atoms with Crippen LogP contribution in [0.2, 0.25) is 0 Å². The Morgan fingerprint density at radius 2 is 1.84 bits per heavy atom. The zero-order chi connectivity index (χ0) is 13.9. The van der Waals surface area contributed by atoms with Crippen LogP contribution in [0.4, 0.5) is 0 Å². The highest BCUT2D eigenvalue weighted by Crippen LogP contribution is 2.33. The second-order valence-electron chi connectivity index (χ2n) is 3.75. The molecule has 0 radical (unpaired) electrons. The normalized spacial score (nSPS) is 11.4. The summed E-state index contributed by atoms with van der Waals surface area (Å²) in [5.74, 6) is 0.152. The van der Waals surface area contributed by atoms with E-state index in [1.54, 1.807) is 42.5 Å². The van der Waals surface area contributed by atoms with Crippen molar-refractivity contribution in [2.75, 3.05) is 7.05 Å². The van der Waals surface area contributed by atoms with Crippen molar-refractivity contribution < 1.29 is 13.5 Å². The molecule has 0 aliphatic carbocycles. The molecule has 19 heavy (non-hydrogen) atoms. The van der Waals surface area contributed by atoms with Gasteiger partial charge in [-0.3, -0.25) is 0 Å². The molecule has 6 heteroatoms. The van der Waals surface area contributed by atoms with E-state index in [-0.39, 0.29) is 10.6 Å². The van der Waals surface area contributed by atoms with Crippen molar-refractivity contribution in [1.29, 1.82) is 0 Å². The third kappa shape index (κ3) is 3.28. The van der Waals surface area contributed by atoms with Gasteiger partial charge in [-0.15, -0.1) is 0 Å². The van der Waals surface area contributed by atoms with Crippen molar-refractivity contribution >= 4 is 21.8 Å². The largest absolute Gasteiger partial charge is 0.508 e. The maximum Gasteiger partial charge on any atom is 0.241 e. The first-order chi connectivity index (χ1) is 9.03. The van der Waals surface area contributed by atoms with Crippen LogP contribution in [0.1, 0.15) is 0 Å². The third-order valence-electron chi connectivity index (χ3n) is 2.45. The molecule has 2 aromatic rings. The zero-order valence-electron chi connectivity index (χ0n) is 10.2. The van der Waals surface area contributed by atoms with Crippen LogP contribution in [0.15, 0.2) is 63.2 Å². The van der Waals surface area contributed by atoms with E-state index in [4.69, 9.17) is 0 Å². The van der Waals surface area contributed by atoms with Gasteiger partial charge in [-0.1, -0.05) is 30.0 Å². The second-order valence-corrected chi connectivity index (χ2v) is 6.72. The lowest BCUT2D eigenvalue weighted by Gasteiger charge is -2.09. The second kappa shape index (κ2) is 5.64. The van der Waals surface area contributed by atoms with E-state index in [2.05, 4.69) is 4.72 Å². The molecular formula is C13H13NO3S2.